The van der Waals surface area contributed by atoms with Gasteiger partial charge in [-0.2, -0.15) is 5.10 Å². The molecule has 16 heavy (non-hydrogen) atoms. The summed E-state index contributed by atoms with van der Waals surface area (Å²) in [5.74, 6) is -0.0801. The Hall–Kier alpha value is -1.84. The summed E-state index contributed by atoms with van der Waals surface area (Å²) in [6, 6.07) is 0. The van der Waals surface area contributed by atoms with Crippen LogP contribution in [0.1, 0.15) is 27.2 Å². The Morgan fingerprint density at radius 3 is 2.56 bits per heavy atom. The number of ketones is 1. The van der Waals surface area contributed by atoms with Gasteiger partial charge in [0.05, 0.1) is 11.4 Å². The minimum Gasteiger partial charge on any atom is -0.397 e. The van der Waals surface area contributed by atoms with Crippen LogP contribution in [-0.2, 0) is 4.79 Å². The van der Waals surface area contributed by atoms with E-state index in [9.17, 15) is 4.79 Å². The van der Waals surface area contributed by atoms with E-state index in [2.05, 4.69) is 17.1 Å². The van der Waals surface area contributed by atoms with E-state index in [0.717, 1.165) is 6.42 Å². The number of nitrogens with zero attached hydrogens (tertiary/aromatic N) is 1. The molecule has 0 aliphatic heterocycles. The van der Waals surface area contributed by atoms with Crippen molar-refractivity contribution in [3.05, 3.63) is 36.2 Å². The maximum atomic E-state index is 11.0. The molecule has 88 valence electrons. The van der Waals surface area contributed by atoms with Crippen LogP contribution in [0.2, 0.25) is 0 Å². The van der Waals surface area contributed by atoms with E-state index in [1.54, 1.807) is 6.92 Å². The van der Waals surface area contributed by atoms with Crippen LogP contribution >= 0.6 is 0 Å². The van der Waals surface area contributed by atoms with Crippen LogP contribution in [-0.4, -0.2) is 11.5 Å². The molecule has 0 heterocycles. The van der Waals surface area contributed by atoms with Crippen molar-refractivity contribution < 1.29 is 4.79 Å². The highest BCUT2D eigenvalue weighted by Gasteiger charge is 1.99. The summed E-state index contributed by atoms with van der Waals surface area (Å²) in [4.78, 5) is 11.0. The number of Topliss-reactive ketones (excluding diaryl/α,β-unsaturated/α-hetero) is 1. The molecule has 0 unspecified atom stereocenters. The third kappa shape index (κ3) is 5.14. The van der Waals surface area contributed by atoms with Crippen LogP contribution in [0, 0.1) is 0 Å². The standard InChI is InChI=1S/C12H19N3O/c1-5-7-8-12(11(13)6-2)15-14-9(3)10(4)16/h6-8,15H,2,5,13H2,1,3-4H3/b8-7-,12-11?,14-9?. The summed E-state index contributed by atoms with van der Waals surface area (Å²) in [5.41, 5.74) is 9.99. The molecular formula is C12H19N3O. The molecule has 0 aliphatic rings. The average Bonchev–Trinajstić information content (AvgIpc) is 2.27. The second-order valence-electron chi connectivity index (χ2n) is 3.25. The lowest BCUT2D eigenvalue weighted by molar-refractivity contribution is -0.111. The monoisotopic (exact) mass is 221 g/mol. The normalized spacial score (nSPS) is 13.6. The Morgan fingerprint density at radius 2 is 2.12 bits per heavy atom. The minimum atomic E-state index is -0.0801. The number of carbonyl (C=O) groups excluding carboxylic acids is 1. The number of rotatable bonds is 6. The van der Waals surface area contributed by atoms with Gasteiger partial charge in [-0.05, 0) is 25.5 Å². The highest BCUT2D eigenvalue weighted by molar-refractivity contribution is 6.37. The first-order valence-corrected chi connectivity index (χ1v) is 5.12. The Balaban J connectivity index is 4.84. The van der Waals surface area contributed by atoms with Crippen molar-refractivity contribution in [2.75, 3.05) is 0 Å². The molecule has 0 saturated heterocycles. The zero-order chi connectivity index (χ0) is 12.6. The lowest BCUT2D eigenvalue weighted by Gasteiger charge is -2.05. The molecule has 0 rings (SSSR count). The predicted octanol–water partition coefficient (Wildman–Crippen LogP) is 1.86. The Morgan fingerprint density at radius 1 is 1.50 bits per heavy atom. The summed E-state index contributed by atoms with van der Waals surface area (Å²) in [5, 5.41) is 3.93. The van der Waals surface area contributed by atoms with E-state index >= 15 is 0 Å². The topological polar surface area (TPSA) is 67.5 Å². The number of carbonyl (C=O) groups is 1. The molecule has 0 aromatic rings. The van der Waals surface area contributed by atoms with Gasteiger partial charge in [0, 0.05) is 6.92 Å². The van der Waals surface area contributed by atoms with Gasteiger partial charge in [-0.15, -0.1) is 0 Å². The molecular weight excluding hydrogens is 202 g/mol. The van der Waals surface area contributed by atoms with Crippen molar-refractivity contribution in [1.29, 1.82) is 0 Å². The maximum Gasteiger partial charge on any atom is 0.175 e. The number of allylic oxidation sites excluding steroid dienone is 3. The maximum absolute atomic E-state index is 11.0. The van der Waals surface area contributed by atoms with Crippen molar-refractivity contribution in [3.8, 4) is 0 Å². The van der Waals surface area contributed by atoms with Crippen LogP contribution < -0.4 is 11.2 Å². The second kappa shape index (κ2) is 7.45. The number of hydrazone groups is 1. The predicted molar refractivity (Wildman–Crippen MR) is 67.8 cm³/mol. The average molecular weight is 221 g/mol. The largest absolute Gasteiger partial charge is 0.397 e. The molecule has 4 heteroatoms. The van der Waals surface area contributed by atoms with Crippen molar-refractivity contribution in [2.24, 2.45) is 10.8 Å². The van der Waals surface area contributed by atoms with Crippen molar-refractivity contribution in [2.45, 2.75) is 27.2 Å². The van der Waals surface area contributed by atoms with E-state index in [0.29, 0.717) is 17.1 Å². The first-order valence-electron chi connectivity index (χ1n) is 5.12. The third-order valence-electron chi connectivity index (χ3n) is 1.90. The highest BCUT2D eigenvalue weighted by atomic mass is 16.1. The lowest BCUT2D eigenvalue weighted by Crippen LogP contribution is -2.15. The van der Waals surface area contributed by atoms with E-state index < -0.39 is 0 Å². The van der Waals surface area contributed by atoms with Gasteiger partial charge >= 0.3 is 0 Å². The molecule has 0 fully saturated rings. The van der Waals surface area contributed by atoms with Crippen molar-refractivity contribution in [3.63, 3.8) is 0 Å². The van der Waals surface area contributed by atoms with Crippen molar-refractivity contribution in [1.82, 2.24) is 5.43 Å². The lowest BCUT2D eigenvalue weighted by atomic mass is 10.3. The fourth-order valence-electron chi connectivity index (χ4n) is 0.767. The summed E-state index contributed by atoms with van der Waals surface area (Å²) >= 11 is 0. The van der Waals surface area contributed by atoms with Gasteiger partial charge in [0.2, 0.25) is 0 Å². The number of hydrogen-bond donors (Lipinski definition) is 2. The van der Waals surface area contributed by atoms with E-state index in [4.69, 9.17) is 5.73 Å². The molecule has 0 amide bonds. The van der Waals surface area contributed by atoms with E-state index in [1.165, 1.54) is 13.0 Å². The SMILES string of the molecule is C=CC(N)=C(/C=C\CC)NN=C(C)C(C)=O. The zero-order valence-electron chi connectivity index (χ0n) is 10.1. The molecule has 0 atom stereocenters. The van der Waals surface area contributed by atoms with Crippen LogP contribution in [0.15, 0.2) is 41.3 Å². The van der Waals surface area contributed by atoms with Gasteiger partial charge in [0.15, 0.2) is 5.78 Å². The van der Waals surface area contributed by atoms with Gasteiger partial charge in [-0.25, -0.2) is 0 Å². The summed E-state index contributed by atoms with van der Waals surface area (Å²) < 4.78 is 0. The van der Waals surface area contributed by atoms with Gasteiger partial charge in [0.1, 0.15) is 5.71 Å². The molecule has 0 saturated carbocycles. The summed E-state index contributed by atoms with van der Waals surface area (Å²) in [6.07, 6.45) is 6.18. The molecule has 0 bridgehead atoms. The molecule has 0 spiro atoms. The molecule has 0 aromatic carbocycles. The van der Waals surface area contributed by atoms with E-state index in [1.807, 2.05) is 19.1 Å². The molecule has 0 aliphatic carbocycles. The summed E-state index contributed by atoms with van der Waals surface area (Å²) in [7, 11) is 0. The molecule has 3 N–H and O–H groups in total. The van der Waals surface area contributed by atoms with Gasteiger partial charge in [0.25, 0.3) is 0 Å². The molecule has 4 nitrogen and oxygen atoms in total. The van der Waals surface area contributed by atoms with Crippen LogP contribution in [0.5, 0.6) is 0 Å². The Labute approximate surface area is 96.6 Å². The third-order valence-corrected chi connectivity index (χ3v) is 1.90. The van der Waals surface area contributed by atoms with Gasteiger partial charge in [-0.1, -0.05) is 19.6 Å². The van der Waals surface area contributed by atoms with Gasteiger partial charge < -0.3 is 5.73 Å². The minimum absolute atomic E-state index is 0.0801. The molecule has 0 radical (unpaired) electrons. The quantitative estimate of drug-likeness (QED) is 0.408. The number of nitrogens with one attached hydrogen (secondary N) is 1. The van der Waals surface area contributed by atoms with Crippen molar-refractivity contribution >= 4 is 11.5 Å². The van der Waals surface area contributed by atoms with Gasteiger partial charge in [-0.3, -0.25) is 10.2 Å². The van der Waals surface area contributed by atoms with E-state index in [-0.39, 0.29) is 5.78 Å². The Bertz CT molecular complexity index is 351. The van der Waals surface area contributed by atoms with Crippen LogP contribution in [0.3, 0.4) is 0 Å². The smallest absolute Gasteiger partial charge is 0.175 e. The highest BCUT2D eigenvalue weighted by Crippen LogP contribution is 1.99. The zero-order valence-corrected chi connectivity index (χ0v) is 10.1. The first-order chi connectivity index (χ1) is 7.52. The van der Waals surface area contributed by atoms with Crippen LogP contribution in [0.4, 0.5) is 0 Å². The number of hydrogen-bond acceptors (Lipinski definition) is 4. The fraction of sp³-hybridized carbons (Fsp3) is 0.333. The number of nitrogens with two attached hydrogens (primary N) is 1. The Kier molecular flexibility index (Phi) is 6.59. The fourth-order valence-corrected chi connectivity index (χ4v) is 0.767. The summed E-state index contributed by atoms with van der Waals surface area (Å²) in [6.45, 7) is 8.70. The molecule has 0 aromatic heterocycles. The second-order valence-corrected chi connectivity index (χ2v) is 3.25. The van der Waals surface area contributed by atoms with Crippen LogP contribution in [0.25, 0.3) is 0 Å². The first kappa shape index (κ1) is 14.2.